The molecule has 24 heteroatoms. The number of aliphatic carboxylic acids is 1. The molecule has 0 radical (unpaired) electrons. The molecular weight excluding hydrogens is 1350 g/mol. The van der Waals surface area contributed by atoms with Crippen molar-refractivity contribution in [2.45, 2.75) is 245 Å². The third-order valence-corrected chi connectivity index (χ3v) is 21.2. The first-order valence-corrected chi connectivity index (χ1v) is 38.3. The van der Waals surface area contributed by atoms with Gasteiger partial charge in [0, 0.05) is 90.5 Å². The lowest BCUT2D eigenvalue weighted by atomic mass is 9.79. The van der Waals surface area contributed by atoms with E-state index in [0.717, 1.165) is 29.5 Å². The van der Waals surface area contributed by atoms with Crippen LogP contribution in [0.15, 0.2) is 78.9 Å². The minimum absolute atomic E-state index is 0.0545. The fourth-order valence-corrected chi connectivity index (χ4v) is 14.0. The zero-order valence-electron chi connectivity index (χ0n) is 63.9. The molecular formula is C81H120N4O20. The molecule has 10 unspecified atom stereocenters. The zero-order chi connectivity index (χ0) is 76.3. The van der Waals surface area contributed by atoms with Crippen molar-refractivity contribution in [3.05, 3.63) is 95.6 Å². The first kappa shape index (κ1) is 86.4. The van der Waals surface area contributed by atoms with E-state index >= 15 is 0 Å². The number of hydrogen-bond donors (Lipinski definition) is 4. The van der Waals surface area contributed by atoms with E-state index in [9.17, 15) is 48.3 Å². The maximum atomic E-state index is 14.2. The largest absolute Gasteiger partial charge is 0.497 e. The van der Waals surface area contributed by atoms with Crippen LogP contribution in [0, 0.1) is 35.5 Å². The number of hydrogen-bond acceptors (Lipinski definition) is 19. The average molecular weight is 1470 g/mol. The zero-order valence-corrected chi connectivity index (χ0v) is 63.9. The predicted molar refractivity (Wildman–Crippen MR) is 393 cm³/mol. The van der Waals surface area contributed by atoms with Crippen LogP contribution in [0.25, 0.3) is 0 Å². The van der Waals surface area contributed by atoms with E-state index in [2.05, 4.69) is 57.5 Å². The van der Waals surface area contributed by atoms with Crippen molar-refractivity contribution in [1.82, 2.24) is 20.9 Å². The lowest BCUT2D eigenvalue weighted by Crippen LogP contribution is -2.47. The number of carboxylic acid groups (broad SMARTS) is 1. The number of nitrogens with one attached hydrogen (secondary N) is 3. The molecule has 3 heterocycles. The number of ketones is 1. The van der Waals surface area contributed by atoms with Crippen molar-refractivity contribution in [1.29, 1.82) is 0 Å². The number of nitrogens with zero attached hydrogens (tertiary/aromatic N) is 1. The van der Waals surface area contributed by atoms with Crippen LogP contribution in [-0.4, -0.2) is 173 Å². The lowest BCUT2D eigenvalue weighted by molar-refractivity contribution is -0.255. The van der Waals surface area contributed by atoms with Gasteiger partial charge in [-0.3, -0.25) is 43.2 Å². The van der Waals surface area contributed by atoms with Crippen molar-refractivity contribution < 1.29 is 95.6 Å². The molecule has 4 amide bonds. The van der Waals surface area contributed by atoms with Gasteiger partial charge in [-0.25, -0.2) is 0 Å². The molecule has 6 rings (SSSR count). The van der Waals surface area contributed by atoms with Crippen LogP contribution in [0.5, 0.6) is 11.5 Å². The van der Waals surface area contributed by atoms with Crippen LogP contribution in [0.2, 0.25) is 0 Å². The maximum Gasteiger partial charge on any atom is 0.306 e. The standard InChI is InChI=1S/C81H120N4O20/c1-54-56(3)71(52-100-60(7)86)104-79(58(54)5)98-47-25-21-32-74(90)83-46-24-20-29-69(84-75(91)33-22-26-48-99-80-59(6)55(2)57(4)72(105-80)53-101-61(8)87)70(88)30-17-11-12-18-31-73(89)82-45-23-14-19-34-76(92)85-50-68(103-78(95)44-43-77(93)94)49-65(85)51-102-81(62-27-15-13-16-28-62,63-35-39-66(96-9)40-36-63)64-37-41-67(97-10)42-38-64/h13,15-16,27-28,35-42,54-59,65,68-69,71-72,79-80H,11-12,14,17-26,29-34,43-53H2,1-10H3,(H,82,89)(H,83,90)(H,84,91)(H,93,94)/t54?,55?,56?,57?,58?,59?,65-,68+,69-,71?,72?,79?,80?/m0/s1. The minimum Gasteiger partial charge on any atom is -0.497 e. The topological polar surface area (TPSA) is 305 Å². The van der Waals surface area contributed by atoms with E-state index in [0.29, 0.717) is 134 Å². The highest BCUT2D eigenvalue weighted by Gasteiger charge is 2.44. The van der Waals surface area contributed by atoms with E-state index in [4.69, 9.17) is 47.4 Å². The Morgan fingerprint density at radius 2 is 0.981 bits per heavy atom. The molecule has 3 fully saturated rings. The number of benzene rings is 3. The van der Waals surface area contributed by atoms with E-state index < -0.39 is 48.3 Å². The van der Waals surface area contributed by atoms with Gasteiger partial charge in [0.05, 0.1) is 64.5 Å². The summed E-state index contributed by atoms with van der Waals surface area (Å²) in [6.07, 6.45) is 7.39. The summed E-state index contributed by atoms with van der Waals surface area (Å²) in [5.41, 5.74) is 1.27. The Labute approximate surface area is 621 Å². The second-order valence-electron chi connectivity index (χ2n) is 28.8. The first-order valence-electron chi connectivity index (χ1n) is 38.3. The van der Waals surface area contributed by atoms with Gasteiger partial charge in [-0.1, -0.05) is 115 Å². The number of amides is 4. The highest BCUT2D eigenvalue weighted by Crippen LogP contribution is 2.43. The van der Waals surface area contributed by atoms with E-state index in [-0.39, 0.29) is 148 Å². The van der Waals surface area contributed by atoms with Gasteiger partial charge in [0.2, 0.25) is 23.6 Å². The third kappa shape index (κ3) is 28.6. The first-order chi connectivity index (χ1) is 50.4. The van der Waals surface area contributed by atoms with E-state index in [1.807, 2.05) is 78.9 Å². The molecule has 105 heavy (non-hydrogen) atoms. The van der Waals surface area contributed by atoms with Crippen molar-refractivity contribution >= 4 is 53.3 Å². The summed E-state index contributed by atoms with van der Waals surface area (Å²) in [6, 6.07) is 23.8. The highest BCUT2D eigenvalue weighted by atomic mass is 16.7. The van der Waals surface area contributed by atoms with Crippen molar-refractivity contribution in [3.8, 4) is 11.5 Å². The van der Waals surface area contributed by atoms with Crippen LogP contribution in [-0.2, 0) is 86.6 Å². The lowest BCUT2D eigenvalue weighted by Gasteiger charge is -2.43. The highest BCUT2D eigenvalue weighted by molar-refractivity contribution is 5.89. The van der Waals surface area contributed by atoms with Crippen LogP contribution in [0.1, 0.15) is 213 Å². The van der Waals surface area contributed by atoms with Crippen molar-refractivity contribution in [3.63, 3.8) is 0 Å². The Balaban J connectivity index is 0.927. The fourth-order valence-electron chi connectivity index (χ4n) is 14.0. The number of carbonyl (C=O) groups is 9. The van der Waals surface area contributed by atoms with Crippen molar-refractivity contribution in [2.75, 3.05) is 66.9 Å². The number of esters is 3. The number of carbonyl (C=O) groups excluding carboxylic acids is 8. The van der Waals surface area contributed by atoms with Gasteiger partial charge in [0.1, 0.15) is 36.4 Å². The van der Waals surface area contributed by atoms with Gasteiger partial charge in [0.15, 0.2) is 18.4 Å². The molecule has 4 N–H and O–H groups in total. The normalized spacial score (nSPS) is 22.6. The summed E-state index contributed by atoms with van der Waals surface area (Å²) in [6.45, 7) is 17.6. The molecule has 0 aromatic heterocycles. The molecule has 3 aromatic rings. The second kappa shape index (κ2) is 45.9. The number of unbranched alkanes of at least 4 members (excludes halogenated alkanes) is 8. The Morgan fingerprint density at radius 3 is 1.49 bits per heavy atom. The summed E-state index contributed by atoms with van der Waals surface area (Å²) in [4.78, 5) is 116. The van der Waals surface area contributed by atoms with E-state index in [1.54, 1.807) is 19.1 Å². The monoisotopic (exact) mass is 1470 g/mol. The Kier molecular flexibility index (Phi) is 37.8. The van der Waals surface area contributed by atoms with Crippen LogP contribution in [0.4, 0.5) is 0 Å². The Bertz CT molecular complexity index is 3110. The summed E-state index contributed by atoms with van der Waals surface area (Å²) in [7, 11) is 3.20. The number of carboxylic acids is 1. The SMILES string of the molecule is COc1ccc(C(OC[C@@H]2C[C@@H](OC(=O)CCC(=O)O)CN2C(=O)CCCCCNC(=O)CCCCCCC(=O)[C@H](CCCCNC(=O)CCCCOC2OC(COC(C)=O)C(C)C(C)C2C)NC(=O)CCCCOC2OC(COC(C)=O)C(C)C(C)C2C)(c2ccccc2)c2ccc(OC)cc2)cc1. The number of Topliss-reactive ketones (excluding diaryl/α,β-unsaturated/α-hetero) is 1. The Hall–Kier alpha value is -7.51. The van der Waals surface area contributed by atoms with Crippen LogP contribution >= 0.6 is 0 Å². The van der Waals surface area contributed by atoms with Crippen molar-refractivity contribution in [2.24, 2.45) is 35.5 Å². The average Bonchev–Trinajstić information content (AvgIpc) is 1.20. The summed E-state index contributed by atoms with van der Waals surface area (Å²) >= 11 is 0. The number of ether oxygens (including phenoxy) is 10. The molecule has 0 aliphatic carbocycles. The molecule has 3 aromatic carbocycles. The third-order valence-electron chi connectivity index (χ3n) is 21.2. The van der Waals surface area contributed by atoms with Gasteiger partial charge >= 0.3 is 23.9 Å². The molecule has 584 valence electrons. The molecule has 0 saturated carbocycles. The molecule has 3 aliphatic rings. The van der Waals surface area contributed by atoms with Gasteiger partial charge in [0.25, 0.3) is 0 Å². The number of rotatable bonds is 48. The van der Waals surface area contributed by atoms with Crippen LogP contribution in [0.3, 0.4) is 0 Å². The maximum absolute atomic E-state index is 14.2. The Morgan fingerprint density at radius 1 is 0.514 bits per heavy atom. The summed E-state index contributed by atoms with van der Waals surface area (Å²) in [5, 5.41) is 18.3. The number of methoxy groups -OCH3 is 2. The minimum atomic E-state index is -1.18. The molecule has 3 aliphatic heterocycles. The quantitative estimate of drug-likeness (QED) is 0.0177. The molecule has 24 nitrogen and oxygen atoms in total. The van der Waals surface area contributed by atoms with E-state index in [1.165, 1.54) is 13.8 Å². The summed E-state index contributed by atoms with van der Waals surface area (Å²) < 4.78 is 59.2. The van der Waals surface area contributed by atoms with Gasteiger partial charge in [-0.05, 0) is 135 Å². The fraction of sp³-hybridized carbons (Fsp3) is 0.667. The number of likely N-dealkylation sites (tertiary alicyclic amines) is 1. The van der Waals surface area contributed by atoms with Gasteiger partial charge in [-0.15, -0.1) is 0 Å². The molecule has 3 saturated heterocycles. The second-order valence-corrected chi connectivity index (χ2v) is 28.8. The molecule has 0 bridgehead atoms. The predicted octanol–water partition coefficient (Wildman–Crippen LogP) is 11.5. The van der Waals surface area contributed by atoms with Crippen LogP contribution < -0.4 is 25.4 Å². The molecule has 13 atom stereocenters. The molecule has 0 spiro atoms. The van der Waals surface area contributed by atoms with Gasteiger partial charge in [-0.2, -0.15) is 0 Å². The summed E-state index contributed by atoms with van der Waals surface area (Å²) in [5.74, 6) is -0.560. The smallest absolute Gasteiger partial charge is 0.306 e. The van der Waals surface area contributed by atoms with Gasteiger partial charge < -0.3 is 73.3 Å².